The van der Waals surface area contributed by atoms with Crippen molar-refractivity contribution >= 4 is 11.8 Å². The summed E-state index contributed by atoms with van der Waals surface area (Å²) < 4.78 is 5.26. The zero-order valence-electron chi connectivity index (χ0n) is 13.7. The van der Waals surface area contributed by atoms with Crippen LogP contribution in [0.4, 0.5) is 0 Å². The van der Waals surface area contributed by atoms with E-state index in [0.717, 1.165) is 24.2 Å². The van der Waals surface area contributed by atoms with Crippen molar-refractivity contribution in [1.29, 1.82) is 0 Å². The Balaban J connectivity index is 1.71. The molecule has 1 aliphatic rings. The molecule has 1 aromatic carbocycles. The molecule has 0 radical (unpaired) electrons. The molecule has 126 valence electrons. The van der Waals surface area contributed by atoms with E-state index in [1.165, 1.54) is 0 Å². The molecular formula is C17H20N4O3. The summed E-state index contributed by atoms with van der Waals surface area (Å²) >= 11 is 0. The first kappa shape index (κ1) is 16.2. The van der Waals surface area contributed by atoms with Crippen LogP contribution in [0.3, 0.4) is 0 Å². The first-order valence-electron chi connectivity index (χ1n) is 8.00. The van der Waals surface area contributed by atoms with Crippen LogP contribution in [0.2, 0.25) is 0 Å². The third-order valence-electron chi connectivity index (χ3n) is 4.04. The van der Waals surface area contributed by atoms with Crippen LogP contribution in [0.15, 0.2) is 28.8 Å². The van der Waals surface area contributed by atoms with Crippen LogP contribution in [-0.2, 0) is 4.79 Å². The van der Waals surface area contributed by atoms with Crippen LogP contribution in [0.1, 0.15) is 48.8 Å². The highest BCUT2D eigenvalue weighted by Gasteiger charge is 2.29. The summed E-state index contributed by atoms with van der Waals surface area (Å²) in [7, 11) is 0. The molecule has 1 heterocycles. The monoisotopic (exact) mass is 328 g/mol. The molecule has 1 aromatic heterocycles. The van der Waals surface area contributed by atoms with Crippen LogP contribution in [0.25, 0.3) is 11.5 Å². The van der Waals surface area contributed by atoms with E-state index in [1.54, 1.807) is 24.3 Å². The van der Waals surface area contributed by atoms with E-state index in [2.05, 4.69) is 15.5 Å². The van der Waals surface area contributed by atoms with E-state index in [1.807, 2.05) is 13.8 Å². The topological polar surface area (TPSA) is 111 Å². The van der Waals surface area contributed by atoms with Gasteiger partial charge in [-0.2, -0.15) is 4.98 Å². The molecule has 1 saturated carbocycles. The molecule has 0 spiro atoms. The summed E-state index contributed by atoms with van der Waals surface area (Å²) in [5.41, 5.74) is 6.50. The van der Waals surface area contributed by atoms with Gasteiger partial charge in [-0.25, -0.2) is 0 Å². The van der Waals surface area contributed by atoms with Crippen molar-refractivity contribution in [1.82, 2.24) is 15.5 Å². The van der Waals surface area contributed by atoms with Gasteiger partial charge in [0, 0.05) is 17.0 Å². The van der Waals surface area contributed by atoms with Gasteiger partial charge in [-0.1, -0.05) is 19.0 Å². The first-order valence-corrected chi connectivity index (χ1v) is 8.00. The molecule has 0 bridgehead atoms. The Bertz CT molecular complexity index is 747. The number of benzene rings is 1. The summed E-state index contributed by atoms with van der Waals surface area (Å²) in [5, 5.41) is 6.63. The van der Waals surface area contributed by atoms with Crippen LogP contribution >= 0.6 is 0 Å². The lowest BCUT2D eigenvalue weighted by Gasteiger charge is -2.18. The lowest BCUT2D eigenvalue weighted by Crippen LogP contribution is -2.47. The molecule has 7 heteroatoms. The summed E-state index contributed by atoms with van der Waals surface area (Å²) in [4.78, 5) is 28.0. The lowest BCUT2D eigenvalue weighted by molar-refractivity contribution is -0.120. The Morgan fingerprint density at radius 3 is 2.46 bits per heavy atom. The molecule has 1 unspecified atom stereocenters. The van der Waals surface area contributed by atoms with Gasteiger partial charge in [-0.05, 0) is 43.0 Å². The third-order valence-corrected chi connectivity index (χ3v) is 4.04. The van der Waals surface area contributed by atoms with E-state index < -0.39 is 11.9 Å². The minimum absolute atomic E-state index is 0.0787. The molecule has 7 nitrogen and oxygen atoms in total. The summed E-state index contributed by atoms with van der Waals surface area (Å²) in [6, 6.07) is 6.10. The SMILES string of the molecule is CC(C)C(NC(=O)c1ccc(-c2nc(C3CC3)no2)cc1)C(N)=O. The van der Waals surface area contributed by atoms with Crippen molar-refractivity contribution < 1.29 is 14.1 Å². The summed E-state index contributed by atoms with van der Waals surface area (Å²) in [6.45, 7) is 3.65. The number of nitrogens with one attached hydrogen (secondary N) is 1. The number of hydrogen-bond acceptors (Lipinski definition) is 5. The minimum atomic E-state index is -0.700. The largest absolute Gasteiger partial charge is 0.368 e. The highest BCUT2D eigenvalue weighted by atomic mass is 16.5. The zero-order chi connectivity index (χ0) is 17.3. The molecule has 1 fully saturated rings. The summed E-state index contributed by atoms with van der Waals surface area (Å²) in [5.74, 6) is 0.644. The maximum atomic E-state index is 12.2. The van der Waals surface area contributed by atoms with Crippen LogP contribution in [-0.4, -0.2) is 28.0 Å². The molecule has 0 saturated heterocycles. The van der Waals surface area contributed by atoms with E-state index >= 15 is 0 Å². The molecule has 1 atom stereocenters. The number of carbonyl (C=O) groups excluding carboxylic acids is 2. The standard InChI is InChI=1S/C17H20N4O3/c1-9(2)13(14(18)22)19-16(23)11-5-7-12(8-6-11)17-20-15(21-24-17)10-3-4-10/h5-10,13H,3-4H2,1-2H3,(H2,18,22)(H,19,23). The summed E-state index contributed by atoms with van der Waals surface area (Å²) in [6.07, 6.45) is 2.21. The average Bonchev–Trinajstić information content (AvgIpc) is 3.29. The maximum Gasteiger partial charge on any atom is 0.257 e. The lowest BCUT2D eigenvalue weighted by atomic mass is 10.0. The second kappa shape index (κ2) is 6.43. The molecule has 0 aliphatic heterocycles. The molecule has 3 rings (SSSR count). The van der Waals surface area contributed by atoms with E-state index in [9.17, 15) is 9.59 Å². The van der Waals surface area contributed by atoms with Crippen molar-refractivity contribution in [2.75, 3.05) is 0 Å². The quantitative estimate of drug-likeness (QED) is 0.840. The minimum Gasteiger partial charge on any atom is -0.368 e. The number of nitrogens with zero attached hydrogens (tertiary/aromatic N) is 2. The highest BCUT2D eigenvalue weighted by Crippen LogP contribution is 2.38. The van der Waals surface area contributed by atoms with E-state index in [4.69, 9.17) is 10.3 Å². The average molecular weight is 328 g/mol. The second-order valence-corrected chi connectivity index (χ2v) is 6.41. The number of nitrogens with two attached hydrogens (primary N) is 1. The molecule has 3 N–H and O–H groups in total. The van der Waals surface area contributed by atoms with Crippen molar-refractivity contribution in [2.24, 2.45) is 11.7 Å². The van der Waals surface area contributed by atoms with Gasteiger partial charge < -0.3 is 15.6 Å². The van der Waals surface area contributed by atoms with E-state index in [-0.39, 0.29) is 11.8 Å². The van der Waals surface area contributed by atoms with Crippen LogP contribution in [0, 0.1) is 5.92 Å². The first-order chi connectivity index (χ1) is 11.5. The van der Waals surface area contributed by atoms with E-state index in [0.29, 0.717) is 17.4 Å². The van der Waals surface area contributed by atoms with Gasteiger partial charge in [-0.15, -0.1) is 0 Å². The second-order valence-electron chi connectivity index (χ2n) is 6.41. The Morgan fingerprint density at radius 1 is 1.25 bits per heavy atom. The Morgan fingerprint density at radius 2 is 1.92 bits per heavy atom. The fourth-order valence-corrected chi connectivity index (χ4v) is 2.41. The van der Waals surface area contributed by atoms with Gasteiger partial charge in [0.15, 0.2) is 5.82 Å². The molecule has 24 heavy (non-hydrogen) atoms. The van der Waals surface area contributed by atoms with Crippen molar-refractivity contribution in [3.63, 3.8) is 0 Å². The van der Waals surface area contributed by atoms with Crippen LogP contribution < -0.4 is 11.1 Å². The van der Waals surface area contributed by atoms with Crippen LogP contribution in [0.5, 0.6) is 0 Å². The Kier molecular flexibility index (Phi) is 4.33. The van der Waals surface area contributed by atoms with Gasteiger partial charge in [0.05, 0.1) is 0 Å². The number of carbonyl (C=O) groups is 2. The molecule has 2 aromatic rings. The Hall–Kier alpha value is -2.70. The van der Waals surface area contributed by atoms with Gasteiger partial charge in [-0.3, -0.25) is 9.59 Å². The zero-order valence-corrected chi connectivity index (χ0v) is 13.7. The van der Waals surface area contributed by atoms with Gasteiger partial charge >= 0.3 is 0 Å². The predicted molar refractivity (Wildman–Crippen MR) is 87.0 cm³/mol. The number of hydrogen-bond donors (Lipinski definition) is 2. The maximum absolute atomic E-state index is 12.2. The fourth-order valence-electron chi connectivity index (χ4n) is 2.41. The number of aromatic nitrogens is 2. The van der Waals surface area contributed by atoms with Gasteiger partial charge in [0.1, 0.15) is 6.04 Å². The fraction of sp³-hybridized carbons (Fsp3) is 0.412. The normalized spacial score (nSPS) is 15.3. The third kappa shape index (κ3) is 3.45. The smallest absolute Gasteiger partial charge is 0.257 e. The van der Waals surface area contributed by atoms with Gasteiger partial charge in [0.2, 0.25) is 5.91 Å². The van der Waals surface area contributed by atoms with Crippen molar-refractivity contribution in [2.45, 2.75) is 38.6 Å². The Labute approximate surface area is 139 Å². The number of rotatable bonds is 6. The number of amides is 2. The molecular weight excluding hydrogens is 308 g/mol. The van der Waals surface area contributed by atoms with Crippen molar-refractivity contribution in [3.05, 3.63) is 35.7 Å². The molecule has 1 aliphatic carbocycles. The van der Waals surface area contributed by atoms with Crippen molar-refractivity contribution in [3.8, 4) is 11.5 Å². The molecule has 2 amide bonds. The highest BCUT2D eigenvalue weighted by molar-refractivity contribution is 5.97. The van der Waals surface area contributed by atoms with Gasteiger partial charge in [0.25, 0.3) is 11.8 Å². The predicted octanol–water partition coefficient (Wildman–Crippen LogP) is 1.85. The number of primary amides is 1.